The standard InChI is InChI=1S/C24H24N2O2/c1-17-21(19-6-3-2-4-7-19)8-5-9-23(17)26-16-20-14-18(15-25-12-13-27)10-11-22(20)24(26)28/h2-11,14,25,27H,12-13,15-16H2,1H3. The Bertz CT molecular complexity index is 999. The number of hydrogen-bond donors (Lipinski definition) is 2. The monoisotopic (exact) mass is 372 g/mol. The summed E-state index contributed by atoms with van der Waals surface area (Å²) in [7, 11) is 0. The molecule has 4 heteroatoms. The lowest BCUT2D eigenvalue weighted by atomic mass is 9.99. The highest BCUT2D eigenvalue weighted by Gasteiger charge is 2.29. The number of amides is 1. The summed E-state index contributed by atoms with van der Waals surface area (Å²) in [6.45, 7) is 4.03. The summed E-state index contributed by atoms with van der Waals surface area (Å²) < 4.78 is 0. The van der Waals surface area contributed by atoms with Gasteiger partial charge in [0.05, 0.1) is 13.2 Å². The van der Waals surface area contributed by atoms with Crippen molar-refractivity contribution in [1.29, 1.82) is 0 Å². The van der Waals surface area contributed by atoms with E-state index in [1.165, 1.54) is 0 Å². The third-order valence-corrected chi connectivity index (χ3v) is 5.27. The van der Waals surface area contributed by atoms with E-state index in [0.717, 1.165) is 39.1 Å². The number of aliphatic hydroxyl groups is 1. The Morgan fingerprint density at radius 1 is 1.00 bits per heavy atom. The molecule has 0 saturated heterocycles. The maximum Gasteiger partial charge on any atom is 0.258 e. The van der Waals surface area contributed by atoms with Crippen molar-refractivity contribution in [2.75, 3.05) is 18.1 Å². The number of nitrogens with one attached hydrogen (secondary N) is 1. The van der Waals surface area contributed by atoms with Gasteiger partial charge in [-0.25, -0.2) is 0 Å². The average molecular weight is 372 g/mol. The van der Waals surface area contributed by atoms with E-state index in [1.54, 1.807) is 0 Å². The van der Waals surface area contributed by atoms with Crippen LogP contribution >= 0.6 is 0 Å². The Morgan fingerprint density at radius 2 is 1.82 bits per heavy atom. The molecule has 28 heavy (non-hydrogen) atoms. The van der Waals surface area contributed by atoms with Gasteiger partial charge in [-0.2, -0.15) is 0 Å². The summed E-state index contributed by atoms with van der Waals surface area (Å²) in [6.07, 6.45) is 0. The number of aliphatic hydroxyl groups excluding tert-OH is 1. The lowest BCUT2D eigenvalue weighted by Crippen LogP contribution is -2.23. The Kier molecular flexibility index (Phi) is 5.24. The molecule has 142 valence electrons. The maximum atomic E-state index is 13.0. The second-order valence-corrected chi connectivity index (χ2v) is 7.10. The minimum absolute atomic E-state index is 0.0539. The van der Waals surface area contributed by atoms with Crippen LogP contribution in [0.15, 0.2) is 66.7 Å². The molecule has 4 nitrogen and oxygen atoms in total. The molecule has 0 saturated carbocycles. The molecule has 1 aliphatic heterocycles. The number of nitrogens with zero attached hydrogens (tertiary/aromatic N) is 1. The van der Waals surface area contributed by atoms with E-state index in [-0.39, 0.29) is 12.5 Å². The normalized spacial score (nSPS) is 13.1. The van der Waals surface area contributed by atoms with Gasteiger partial charge in [0.1, 0.15) is 0 Å². The summed E-state index contributed by atoms with van der Waals surface area (Å²) in [5.41, 5.74) is 7.33. The van der Waals surface area contributed by atoms with Gasteiger partial charge < -0.3 is 15.3 Å². The quantitative estimate of drug-likeness (QED) is 0.645. The van der Waals surface area contributed by atoms with E-state index < -0.39 is 0 Å². The zero-order chi connectivity index (χ0) is 19.5. The third kappa shape index (κ3) is 3.44. The molecule has 0 fully saturated rings. The fourth-order valence-corrected chi connectivity index (χ4v) is 3.84. The Morgan fingerprint density at radius 3 is 2.61 bits per heavy atom. The highest BCUT2D eigenvalue weighted by molar-refractivity contribution is 6.10. The van der Waals surface area contributed by atoms with Crippen LogP contribution in [-0.4, -0.2) is 24.2 Å². The first-order valence-corrected chi connectivity index (χ1v) is 9.59. The summed E-state index contributed by atoms with van der Waals surface area (Å²) in [6, 6.07) is 22.4. The lowest BCUT2D eigenvalue weighted by Gasteiger charge is -2.20. The molecule has 1 heterocycles. The molecule has 3 aromatic rings. The summed E-state index contributed by atoms with van der Waals surface area (Å²) >= 11 is 0. The molecule has 0 radical (unpaired) electrons. The van der Waals surface area contributed by atoms with Crippen molar-refractivity contribution < 1.29 is 9.90 Å². The number of anilines is 1. The number of carbonyl (C=O) groups is 1. The second kappa shape index (κ2) is 7.97. The highest BCUT2D eigenvalue weighted by Crippen LogP contribution is 2.35. The van der Waals surface area contributed by atoms with Crippen molar-refractivity contribution in [3.05, 3.63) is 89.0 Å². The van der Waals surface area contributed by atoms with Crippen LogP contribution < -0.4 is 10.2 Å². The molecule has 4 rings (SSSR count). The predicted molar refractivity (Wildman–Crippen MR) is 112 cm³/mol. The summed E-state index contributed by atoms with van der Waals surface area (Å²) in [4.78, 5) is 14.9. The van der Waals surface area contributed by atoms with E-state index >= 15 is 0 Å². The largest absolute Gasteiger partial charge is 0.395 e. The molecule has 1 amide bonds. The van der Waals surface area contributed by atoms with E-state index in [2.05, 4.69) is 36.5 Å². The number of fused-ring (bicyclic) bond motifs is 1. The second-order valence-electron chi connectivity index (χ2n) is 7.10. The Balaban J connectivity index is 1.63. The Labute approximate surface area is 165 Å². The SMILES string of the molecule is Cc1c(-c2ccccc2)cccc1N1Cc2cc(CNCCO)ccc2C1=O. The molecule has 0 aliphatic carbocycles. The fourth-order valence-electron chi connectivity index (χ4n) is 3.84. The molecule has 0 bridgehead atoms. The van der Waals surface area contributed by atoms with Gasteiger partial charge in [0.15, 0.2) is 0 Å². The van der Waals surface area contributed by atoms with Crippen molar-refractivity contribution in [3.8, 4) is 11.1 Å². The number of rotatable bonds is 6. The molecule has 3 aromatic carbocycles. The van der Waals surface area contributed by atoms with Crippen LogP contribution in [0.25, 0.3) is 11.1 Å². The molecule has 0 unspecified atom stereocenters. The van der Waals surface area contributed by atoms with Gasteiger partial charge in [0.2, 0.25) is 0 Å². The zero-order valence-corrected chi connectivity index (χ0v) is 16.0. The van der Waals surface area contributed by atoms with E-state index in [9.17, 15) is 4.79 Å². The maximum absolute atomic E-state index is 13.0. The minimum atomic E-state index is 0.0539. The molecule has 0 aromatic heterocycles. The van der Waals surface area contributed by atoms with Crippen LogP contribution in [0.4, 0.5) is 5.69 Å². The highest BCUT2D eigenvalue weighted by atomic mass is 16.3. The molecular weight excluding hydrogens is 348 g/mol. The van der Waals surface area contributed by atoms with Gasteiger partial charge in [0, 0.05) is 24.3 Å². The zero-order valence-electron chi connectivity index (χ0n) is 16.0. The van der Waals surface area contributed by atoms with Gasteiger partial charge >= 0.3 is 0 Å². The van der Waals surface area contributed by atoms with E-state index in [0.29, 0.717) is 19.6 Å². The molecule has 2 N–H and O–H groups in total. The first-order valence-electron chi connectivity index (χ1n) is 9.59. The molecule has 1 aliphatic rings. The van der Waals surface area contributed by atoms with Crippen LogP contribution in [0, 0.1) is 6.92 Å². The van der Waals surface area contributed by atoms with E-state index in [1.807, 2.05) is 47.4 Å². The predicted octanol–water partition coefficient (Wildman–Crippen LogP) is 3.90. The van der Waals surface area contributed by atoms with Crippen molar-refractivity contribution in [2.24, 2.45) is 0 Å². The van der Waals surface area contributed by atoms with Gasteiger partial charge in [-0.15, -0.1) is 0 Å². The average Bonchev–Trinajstić information content (AvgIpc) is 3.05. The summed E-state index contributed by atoms with van der Waals surface area (Å²) in [5, 5.41) is 12.1. The first-order chi connectivity index (χ1) is 13.7. The lowest BCUT2D eigenvalue weighted by molar-refractivity contribution is 0.0996. The van der Waals surface area contributed by atoms with Crippen molar-refractivity contribution >= 4 is 11.6 Å². The Hall–Kier alpha value is -2.95. The molecule has 0 atom stereocenters. The van der Waals surface area contributed by atoms with Gasteiger partial charge in [-0.1, -0.05) is 54.6 Å². The number of benzene rings is 3. The van der Waals surface area contributed by atoms with Gasteiger partial charge in [-0.3, -0.25) is 4.79 Å². The minimum Gasteiger partial charge on any atom is -0.395 e. The van der Waals surface area contributed by atoms with Crippen LogP contribution in [-0.2, 0) is 13.1 Å². The van der Waals surface area contributed by atoms with Crippen LogP contribution in [0.2, 0.25) is 0 Å². The van der Waals surface area contributed by atoms with Crippen molar-refractivity contribution in [3.63, 3.8) is 0 Å². The van der Waals surface area contributed by atoms with Crippen LogP contribution in [0.5, 0.6) is 0 Å². The molecular formula is C24H24N2O2. The summed E-state index contributed by atoms with van der Waals surface area (Å²) in [5.74, 6) is 0.0539. The van der Waals surface area contributed by atoms with Gasteiger partial charge in [0.25, 0.3) is 5.91 Å². The first kappa shape index (κ1) is 18.4. The molecule has 0 spiro atoms. The van der Waals surface area contributed by atoms with Gasteiger partial charge in [-0.05, 0) is 46.9 Å². The fraction of sp³-hybridized carbons (Fsp3) is 0.208. The van der Waals surface area contributed by atoms with Crippen LogP contribution in [0.3, 0.4) is 0 Å². The smallest absolute Gasteiger partial charge is 0.258 e. The number of carbonyl (C=O) groups excluding carboxylic acids is 1. The third-order valence-electron chi connectivity index (χ3n) is 5.27. The topological polar surface area (TPSA) is 52.6 Å². The van der Waals surface area contributed by atoms with E-state index in [4.69, 9.17) is 5.11 Å². The van der Waals surface area contributed by atoms with Crippen molar-refractivity contribution in [2.45, 2.75) is 20.0 Å². The number of hydrogen-bond acceptors (Lipinski definition) is 3. The van der Waals surface area contributed by atoms with Crippen molar-refractivity contribution in [1.82, 2.24) is 5.32 Å². The van der Waals surface area contributed by atoms with Crippen LogP contribution in [0.1, 0.15) is 27.0 Å².